The summed E-state index contributed by atoms with van der Waals surface area (Å²) in [4.78, 5) is 64.5. The molecule has 0 spiro atoms. The minimum absolute atomic E-state index is 0.224. The molecule has 0 bridgehead atoms. The predicted molar refractivity (Wildman–Crippen MR) is 145 cm³/mol. The Morgan fingerprint density at radius 1 is 0.951 bits per heavy atom. The summed E-state index contributed by atoms with van der Waals surface area (Å²) in [5.74, 6) is -4.48. The van der Waals surface area contributed by atoms with Crippen molar-refractivity contribution in [3.8, 4) is 0 Å². The molecular weight excluding hydrogens is 532 g/mol. The van der Waals surface area contributed by atoms with Crippen molar-refractivity contribution in [1.29, 1.82) is 0 Å². The molecule has 1 aliphatic heterocycles. The van der Waals surface area contributed by atoms with Crippen molar-refractivity contribution >= 4 is 29.7 Å². The van der Waals surface area contributed by atoms with Gasteiger partial charge in [0.15, 0.2) is 23.1 Å². The van der Waals surface area contributed by atoms with E-state index in [9.17, 15) is 24.0 Å². The molecule has 0 N–H and O–H groups in total. The fraction of sp³-hybridized carbons (Fsp3) is 0.774. The molecule has 0 radical (unpaired) electrons. The van der Waals surface area contributed by atoms with E-state index in [4.69, 9.17) is 23.7 Å². The number of carbonyl (C=O) groups excluding carboxylic acids is 5. The maximum atomic E-state index is 14.4. The lowest BCUT2D eigenvalue weighted by Gasteiger charge is -2.31. The second-order valence-corrected chi connectivity index (χ2v) is 13.2. The summed E-state index contributed by atoms with van der Waals surface area (Å²) in [6.45, 7) is 16.8. The first-order valence-electron chi connectivity index (χ1n) is 14.6. The van der Waals surface area contributed by atoms with E-state index in [-0.39, 0.29) is 17.6 Å². The Labute approximate surface area is 241 Å². The maximum absolute atomic E-state index is 14.4. The number of Topliss-reactive ketones (excluding diaryl/α,β-unsaturated/α-hetero) is 1. The molecule has 11 atom stereocenters. The molecule has 0 amide bonds. The number of ketones is 1. The highest BCUT2D eigenvalue weighted by Crippen LogP contribution is 2.68. The smallest absolute Gasteiger partial charge is 0.309 e. The van der Waals surface area contributed by atoms with E-state index in [1.807, 2.05) is 27.7 Å². The van der Waals surface area contributed by atoms with Gasteiger partial charge in [0.1, 0.15) is 18.3 Å². The summed E-state index contributed by atoms with van der Waals surface area (Å²) in [6.07, 6.45) is -0.979. The summed E-state index contributed by atoms with van der Waals surface area (Å²) in [5, 5.41) is 0. The van der Waals surface area contributed by atoms with Crippen LogP contribution in [0.4, 0.5) is 0 Å². The van der Waals surface area contributed by atoms with Crippen molar-refractivity contribution in [1.82, 2.24) is 0 Å². The molecule has 2 saturated carbocycles. The standard InChI is InChI=1S/C31H44O10/c1-11-14(2)28(36)40-23-15(3)12-31-27(39-20(8)34)16(4)13-30(31,41-31)26(35)17(5)24(37-18(6)32)21-22(29(21,9)10)25(23)38-19(7)33/h12,14,16-17,21-25,27H,11,13H2,1-10H3/b15-12+/t14-,16-,17-,21+,22-,23-,24+,25+,27+,30+,31+/m1/s1. The van der Waals surface area contributed by atoms with Crippen molar-refractivity contribution in [3.05, 3.63) is 11.6 Å². The van der Waals surface area contributed by atoms with Crippen LogP contribution in [0.1, 0.15) is 82.1 Å². The van der Waals surface area contributed by atoms with Crippen molar-refractivity contribution in [2.45, 2.75) is 118 Å². The Morgan fingerprint density at radius 2 is 1.49 bits per heavy atom. The lowest BCUT2D eigenvalue weighted by Crippen LogP contribution is -2.43. The molecule has 10 heteroatoms. The van der Waals surface area contributed by atoms with Gasteiger partial charge >= 0.3 is 23.9 Å². The van der Waals surface area contributed by atoms with Gasteiger partial charge in [-0.15, -0.1) is 0 Å². The monoisotopic (exact) mass is 576 g/mol. The Kier molecular flexibility index (Phi) is 7.99. The van der Waals surface area contributed by atoms with Crippen LogP contribution >= 0.6 is 0 Å². The third kappa shape index (κ3) is 5.00. The molecule has 3 fully saturated rings. The summed E-state index contributed by atoms with van der Waals surface area (Å²) in [6, 6.07) is 0. The minimum Gasteiger partial charge on any atom is -0.461 e. The number of fused-ring (bicyclic) bond motifs is 1. The zero-order valence-corrected chi connectivity index (χ0v) is 25.8. The van der Waals surface area contributed by atoms with Crippen molar-refractivity contribution in [3.63, 3.8) is 0 Å². The molecular formula is C31H44O10. The Morgan fingerprint density at radius 3 is 2.02 bits per heavy atom. The Bertz CT molecular complexity index is 1170. The maximum Gasteiger partial charge on any atom is 0.309 e. The fourth-order valence-corrected chi connectivity index (χ4v) is 7.62. The van der Waals surface area contributed by atoms with Gasteiger partial charge < -0.3 is 23.7 Å². The number of rotatable bonds is 6. The van der Waals surface area contributed by atoms with Crippen molar-refractivity contribution < 1.29 is 47.7 Å². The molecule has 1 saturated heterocycles. The van der Waals surface area contributed by atoms with Gasteiger partial charge in [0.2, 0.25) is 0 Å². The zero-order chi connectivity index (χ0) is 30.8. The van der Waals surface area contributed by atoms with Gasteiger partial charge in [0.05, 0.1) is 11.8 Å². The number of epoxide rings is 1. The van der Waals surface area contributed by atoms with Crippen molar-refractivity contribution in [2.75, 3.05) is 0 Å². The zero-order valence-electron chi connectivity index (χ0n) is 25.8. The van der Waals surface area contributed by atoms with Gasteiger partial charge in [-0.25, -0.2) is 0 Å². The molecule has 0 unspecified atom stereocenters. The first kappa shape index (κ1) is 31.2. The van der Waals surface area contributed by atoms with Crippen molar-refractivity contribution in [2.24, 2.45) is 35.0 Å². The van der Waals surface area contributed by atoms with E-state index in [1.165, 1.54) is 20.8 Å². The highest BCUT2D eigenvalue weighted by molar-refractivity contribution is 5.96. The second kappa shape index (κ2) is 10.5. The topological polar surface area (TPSA) is 135 Å². The molecule has 41 heavy (non-hydrogen) atoms. The second-order valence-electron chi connectivity index (χ2n) is 13.2. The van der Waals surface area contributed by atoms with E-state index in [1.54, 1.807) is 26.8 Å². The van der Waals surface area contributed by atoms with E-state index in [0.29, 0.717) is 18.4 Å². The average molecular weight is 577 g/mol. The molecule has 0 aromatic heterocycles. The van der Waals surface area contributed by atoms with E-state index < -0.39 is 82.7 Å². The SMILES string of the molecule is CC[C@@H](C)C(=O)O[C@@H]1/C(C)=C/[C@@]23O[C@@]2(C[C@@H](C)[C@@H]3OC(C)=O)C(=O)[C@H](C)[C@H](OC(C)=O)[C@@H]2[C@H]([C@@H]1OC(C)=O)C2(C)C. The normalized spacial score (nSPS) is 42.5. The van der Waals surface area contributed by atoms with Crippen LogP contribution in [0.15, 0.2) is 11.6 Å². The number of hydrogen-bond acceptors (Lipinski definition) is 10. The Hall–Kier alpha value is -2.75. The third-order valence-electron chi connectivity index (χ3n) is 9.83. The van der Waals surface area contributed by atoms with E-state index >= 15 is 0 Å². The highest BCUT2D eigenvalue weighted by Gasteiger charge is 2.84. The van der Waals surface area contributed by atoms with E-state index in [0.717, 1.165) is 0 Å². The summed E-state index contributed by atoms with van der Waals surface area (Å²) in [7, 11) is 0. The molecule has 228 valence electrons. The van der Waals surface area contributed by atoms with Gasteiger partial charge in [-0.2, -0.15) is 0 Å². The van der Waals surface area contributed by atoms with Crippen LogP contribution in [0.5, 0.6) is 0 Å². The van der Waals surface area contributed by atoms with Crippen LogP contribution in [0, 0.1) is 35.0 Å². The molecule has 1 heterocycles. The van der Waals surface area contributed by atoms with Gasteiger partial charge in [-0.1, -0.05) is 41.5 Å². The number of carbonyl (C=O) groups is 5. The highest BCUT2D eigenvalue weighted by atomic mass is 16.7. The quantitative estimate of drug-likeness (QED) is 0.199. The summed E-state index contributed by atoms with van der Waals surface area (Å²) < 4.78 is 30.0. The van der Waals surface area contributed by atoms with Crippen LogP contribution in [-0.4, -0.2) is 65.3 Å². The molecule has 3 aliphatic carbocycles. The molecule has 0 aromatic carbocycles. The first-order valence-corrected chi connectivity index (χ1v) is 14.6. The van der Waals surface area contributed by atoms with Crippen LogP contribution in [-0.2, 0) is 47.7 Å². The number of ether oxygens (including phenoxy) is 5. The lowest BCUT2D eigenvalue weighted by molar-refractivity contribution is -0.169. The largest absolute Gasteiger partial charge is 0.461 e. The molecule has 10 nitrogen and oxygen atoms in total. The molecule has 4 rings (SSSR count). The van der Waals surface area contributed by atoms with Gasteiger partial charge in [0.25, 0.3) is 0 Å². The minimum atomic E-state index is -1.31. The van der Waals surface area contributed by atoms with Gasteiger partial charge in [-0.3, -0.25) is 24.0 Å². The van der Waals surface area contributed by atoms with Crippen LogP contribution < -0.4 is 0 Å². The van der Waals surface area contributed by atoms with Gasteiger partial charge in [-0.05, 0) is 42.7 Å². The molecule has 4 aliphatic rings. The third-order valence-corrected chi connectivity index (χ3v) is 9.83. The first-order chi connectivity index (χ1) is 18.9. The summed E-state index contributed by atoms with van der Waals surface area (Å²) >= 11 is 0. The van der Waals surface area contributed by atoms with Crippen LogP contribution in [0.25, 0.3) is 0 Å². The predicted octanol–water partition coefficient (Wildman–Crippen LogP) is 3.72. The molecule has 0 aromatic rings. The van der Waals surface area contributed by atoms with E-state index in [2.05, 4.69) is 0 Å². The summed E-state index contributed by atoms with van der Waals surface area (Å²) in [5.41, 5.74) is -2.63. The fourth-order valence-electron chi connectivity index (χ4n) is 7.62. The number of esters is 4. The average Bonchev–Trinajstić information content (AvgIpc) is 3.66. The lowest BCUT2D eigenvalue weighted by atomic mass is 9.80. The van der Waals surface area contributed by atoms with Gasteiger partial charge in [0, 0.05) is 32.6 Å². The number of hydrogen-bond donors (Lipinski definition) is 0. The Balaban J connectivity index is 1.94. The van der Waals surface area contributed by atoms with Crippen LogP contribution in [0.3, 0.4) is 0 Å². The van der Waals surface area contributed by atoms with Crippen LogP contribution in [0.2, 0.25) is 0 Å².